The van der Waals surface area contributed by atoms with Gasteiger partial charge < -0.3 is 4.90 Å². The van der Waals surface area contributed by atoms with Gasteiger partial charge in [0.1, 0.15) is 0 Å². The van der Waals surface area contributed by atoms with Gasteiger partial charge in [0.25, 0.3) is 0 Å². The maximum Gasteiger partial charge on any atom is 0.237 e. The summed E-state index contributed by atoms with van der Waals surface area (Å²) in [7, 11) is 0. The topological polar surface area (TPSA) is 23.6 Å². The largest absolute Gasteiger partial charge is 0.336 e. The molecule has 0 N–H and O–H groups in total. The molecule has 3 aliphatic rings. The van der Waals surface area contributed by atoms with E-state index < -0.39 is 0 Å². The fourth-order valence-corrected chi connectivity index (χ4v) is 4.23. The van der Waals surface area contributed by atoms with Gasteiger partial charge in [0, 0.05) is 18.1 Å². The lowest BCUT2D eigenvalue weighted by Gasteiger charge is -2.37. The molecule has 3 fully saturated rings. The lowest BCUT2D eigenvalue weighted by atomic mass is 10.00. The van der Waals surface area contributed by atoms with Crippen molar-refractivity contribution >= 4 is 5.91 Å². The molecule has 1 atom stereocenters. The number of carbonyl (C=O) groups is 1. The Kier molecular flexibility index (Phi) is 4.65. The molecule has 0 aromatic rings. The van der Waals surface area contributed by atoms with E-state index in [-0.39, 0.29) is 0 Å². The van der Waals surface area contributed by atoms with Crippen LogP contribution in [-0.4, -0.2) is 46.9 Å². The quantitative estimate of drug-likeness (QED) is 0.771. The summed E-state index contributed by atoms with van der Waals surface area (Å²) in [5.74, 6) is 0.430. The maximum atomic E-state index is 12.8. The van der Waals surface area contributed by atoms with Crippen molar-refractivity contribution in [2.75, 3.05) is 13.1 Å². The van der Waals surface area contributed by atoms with Gasteiger partial charge in [-0.3, -0.25) is 9.69 Å². The highest BCUT2D eigenvalue weighted by Gasteiger charge is 2.39. The van der Waals surface area contributed by atoms with Gasteiger partial charge in [-0.05, 0) is 51.5 Å². The number of rotatable bonds is 5. The van der Waals surface area contributed by atoms with E-state index in [0.29, 0.717) is 30.6 Å². The summed E-state index contributed by atoms with van der Waals surface area (Å²) in [6, 6.07) is 1.81. The van der Waals surface area contributed by atoms with Gasteiger partial charge in [-0.1, -0.05) is 26.2 Å². The molecule has 1 aliphatic heterocycles. The van der Waals surface area contributed by atoms with Crippen molar-refractivity contribution in [1.29, 1.82) is 0 Å². The number of carbonyl (C=O) groups excluding carboxylic acids is 1. The Morgan fingerprint density at radius 3 is 2.30 bits per heavy atom. The number of likely N-dealkylation sites (tertiary alicyclic amines) is 1. The number of hydrogen-bond donors (Lipinski definition) is 0. The number of hydrogen-bond acceptors (Lipinski definition) is 2. The molecule has 0 spiro atoms. The van der Waals surface area contributed by atoms with Crippen LogP contribution >= 0.6 is 0 Å². The van der Waals surface area contributed by atoms with Crippen molar-refractivity contribution in [3.63, 3.8) is 0 Å². The van der Waals surface area contributed by atoms with Gasteiger partial charge in [-0.2, -0.15) is 0 Å². The molecule has 20 heavy (non-hydrogen) atoms. The fraction of sp³-hybridized carbons (Fsp3) is 0.941. The van der Waals surface area contributed by atoms with Crippen LogP contribution in [0.4, 0.5) is 0 Å². The zero-order chi connectivity index (χ0) is 13.9. The Labute approximate surface area is 123 Å². The Morgan fingerprint density at radius 1 is 1.00 bits per heavy atom. The summed E-state index contributed by atoms with van der Waals surface area (Å²) in [4.78, 5) is 17.6. The van der Waals surface area contributed by atoms with Gasteiger partial charge in [-0.15, -0.1) is 0 Å². The molecule has 1 unspecified atom stereocenters. The van der Waals surface area contributed by atoms with Gasteiger partial charge in [0.15, 0.2) is 0 Å². The van der Waals surface area contributed by atoms with Crippen LogP contribution in [0.1, 0.15) is 71.1 Å². The molecule has 0 aromatic carbocycles. The van der Waals surface area contributed by atoms with Gasteiger partial charge >= 0.3 is 0 Å². The average molecular weight is 278 g/mol. The normalized spacial score (nSPS) is 28.8. The fourth-order valence-electron chi connectivity index (χ4n) is 4.23. The van der Waals surface area contributed by atoms with E-state index in [0.717, 1.165) is 6.54 Å². The number of amides is 1. The molecule has 0 bridgehead atoms. The van der Waals surface area contributed by atoms with Crippen molar-refractivity contribution in [1.82, 2.24) is 9.80 Å². The van der Waals surface area contributed by atoms with Crippen molar-refractivity contribution in [3.8, 4) is 0 Å². The average Bonchev–Trinajstić information content (AvgIpc) is 3.14. The molecule has 1 heterocycles. The second-order valence-electron chi connectivity index (χ2n) is 7.00. The lowest BCUT2D eigenvalue weighted by Crippen LogP contribution is -2.49. The molecule has 114 valence electrons. The van der Waals surface area contributed by atoms with E-state index in [1.165, 1.54) is 64.2 Å². The third-order valence-corrected chi connectivity index (χ3v) is 5.51. The molecule has 2 aliphatic carbocycles. The second kappa shape index (κ2) is 6.46. The molecule has 0 radical (unpaired) electrons. The van der Waals surface area contributed by atoms with Crippen LogP contribution < -0.4 is 0 Å². The highest BCUT2D eigenvalue weighted by molar-refractivity contribution is 5.79. The van der Waals surface area contributed by atoms with E-state index in [1.807, 2.05) is 0 Å². The van der Waals surface area contributed by atoms with E-state index in [9.17, 15) is 4.79 Å². The standard InChI is InChI=1S/C17H30N2O/c1-2-14-7-5-6-12-18(14)13-17(20)19(16-10-11-16)15-8-3-4-9-15/h14-16H,2-13H2,1H3. The van der Waals surface area contributed by atoms with E-state index in [1.54, 1.807) is 0 Å². The monoisotopic (exact) mass is 278 g/mol. The Morgan fingerprint density at radius 2 is 1.65 bits per heavy atom. The predicted octanol–water partition coefficient (Wildman–Crippen LogP) is 3.18. The van der Waals surface area contributed by atoms with Crippen LogP contribution in [0, 0.1) is 0 Å². The van der Waals surface area contributed by atoms with Crippen LogP contribution in [-0.2, 0) is 4.79 Å². The van der Waals surface area contributed by atoms with Crippen molar-refractivity contribution in [3.05, 3.63) is 0 Å². The third kappa shape index (κ3) is 3.19. The summed E-state index contributed by atoms with van der Waals surface area (Å²) in [5, 5.41) is 0. The van der Waals surface area contributed by atoms with Crippen LogP contribution in [0.2, 0.25) is 0 Å². The highest BCUT2D eigenvalue weighted by atomic mass is 16.2. The number of piperidine rings is 1. The Bertz CT molecular complexity index is 334. The summed E-state index contributed by atoms with van der Waals surface area (Å²) < 4.78 is 0. The van der Waals surface area contributed by atoms with Crippen LogP contribution in [0.25, 0.3) is 0 Å². The molecule has 2 saturated carbocycles. The van der Waals surface area contributed by atoms with Crippen molar-refractivity contribution < 1.29 is 4.79 Å². The summed E-state index contributed by atoms with van der Waals surface area (Å²) >= 11 is 0. The molecule has 3 rings (SSSR count). The molecule has 3 nitrogen and oxygen atoms in total. The minimum absolute atomic E-state index is 0.430. The third-order valence-electron chi connectivity index (χ3n) is 5.51. The van der Waals surface area contributed by atoms with Crippen LogP contribution in [0.5, 0.6) is 0 Å². The first-order chi connectivity index (χ1) is 9.79. The molecular formula is C17H30N2O. The summed E-state index contributed by atoms with van der Waals surface area (Å²) in [6.45, 7) is 4.09. The molecule has 0 aromatic heterocycles. The lowest BCUT2D eigenvalue weighted by molar-refractivity contribution is -0.136. The van der Waals surface area contributed by atoms with Crippen LogP contribution in [0.15, 0.2) is 0 Å². The smallest absolute Gasteiger partial charge is 0.237 e. The van der Waals surface area contributed by atoms with Crippen molar-refractivity contribution in [2.45, 2.75) is 89.3 Å². The summed E-state index contributed by atoms with van der Waals surface area (Å²) in [6.07, 6.45) is 12.7. The summed E-state index contributed by atoms with van der Waals surface area (Å²) in [5.41, 5.74) is 0. The first kappa shape index (κ1) is 14.4. The molecular weight excluding hydrogens is 248 g/mol. The molecule has 1 amide bonds. The first-order valence-electron chi connectivity index (χ1n) is 8.84. The number of nitrogens with zero attached hydrogens (tertiary/aromatic N) is 2. The Balaban J connectivity index is 1.60. The minimum atomic E-state index is 0.430. The van der Waals surface area contributed by atoms with E-state index in [4.69, 9.17) is 0 Å². The SMILES string of the molecule is CCC1CCCCN1CC(=O)N(C1CCCC1)C1CC1. The Hall–Kier alpha value is -0.570. The maximum absolute atomic E-state index is 12.8. The highest BCUT2D eigenvalue weighted by Crippen LogP contribution is 2.34. The second-order valence-corrected chi connectivity index (χ2v) is 7.00. The predicted molar refractivity (Wildman–Crippen MR) is 81.6 cm³/mol. The molecule has 1 saturated heterocycles. The van der Waals surface area contributed by atoms with Gasteiger partial charge in [-0.25, -0.2) is 0 Å². The minimum Gasteiger partial charge on any atom is -0.336 e. The zero-order valence-corrected chi connectivity index (χ0v) is 13.0. The zero-order valence-electron chi connectivity index (χ0n) is 13.0. The van der Waals surface area contributed by atoms with Gasteiger partial charge in [0.2, 0.25) is 5.91 Å². The van der Waals surface area contributed by atoms with E-state index >= 15 is 0 Å². The van der Waals surface area contributed by atoms with Gasteiger partial charge in [0.05, 0.1) is 6.54 Å². The van der Waals surface area contributed by atoms with Crippen LogP contribution in [0.3, 0.4) is 0 Å². The van der Waals surface area contributed by atoms with Crippen molar-refractivity contribution in [2.24, 2.45) is 0 Å². The van der Waals surface area contributed by atoms with E-state index in [2.05, 4.69) is 16.7 Å². The molecule has 3 heteroatoms. The first-order valence-corrected chi connectivity index (χ1v) is 8.84.